The summed E-state index contributed by atoms with van der Waals surface area (Å²) < 4.78 is 1.86. The lowest BCUT2D eigenvalue weighted by molar-refractivity contribution is 0.0955. The standard InChI is InChI=1S/C11H9Br2NOS2/c1-6-4-16-5-7(6)3-14-11(15)9-2-8(12)10(13)17-9/h2,4-5H,3H2,1H3,(H,14,15). The maximum absolute atomic E-state index is 11.9. The van der Waals surface area contributed by atoms with Gasteiger partial charge < -0.3 is 5.32 Å². The van der Waals surface area contributed by atoms with Gasteiger partial charge in [-0.2, -0.15) is 11.3 Å². The molecule has 0 atom stereocenters. The van der Waals surface area contributed by atoms with Crippen molar-refractivity contribution in [2.45, 2.75) is 13.5 Å². The number of hydrogen-bond acceptors (Lipinski definition) is 3. The van der Waals surface area contributed by atoms with E-state index < -0.39 is 0 Å². The van der Waals surface area contributed by atoms with Crippen molar-refractivity contribution >= 4 is 60.4 Å². The molecule has 0 saturated heterocycles. The lowest BCUT2D eigenvalue weighted by Crippen LogP contribution is -2.21. The van der Waals surface area contributed by atoms with Gasteiger partial charge in [-0.15, -0.1) is 11.3 Å². The van der Waals surface area contributed by atoms with Crippen molar-refractivity contribution in [3.05, 3.63) is 41.1 Å². The van der Waals surface area contributed by atoms with Crippen molar-refractivity contribution < 1.29 is 4.79 Å². The van der Waals surface area contributed by atoms with Gasteiger partial charge >= 0.3 is 0 Å². The van der Waals surface area contributed by atoms with Gasteiger partial charge in [0.1, 0.15) is 0 Å². The number of nitrogens with one attached hydrogen (secondary N) is 1. The smallest absolute Gasteiger partial charge is 0.261 e. The molecule has 6 heteroatoms. The fourth-order valence-electron chi connectivity index (χ4n) is 1.29. The summed E-state index contributed by atoms with van der Waals surface area (Å²) in [6, 6.07) is 1.82. The van der Waals surface area contributed by atoms with Crippen LogP contribution in [0.15, 0.2) is 25.1 Å². The van der Waals surface area contributed by atoms with E-state index in [4.69, 9.17) is 0 Å². The summed E-state index contributed by atoms with van der Waals surface area (Å²) >= 11 is 9.83. The first kappa shape index (κ1) is 13.3. The predicted octanol–water partition coefficient (Wildman–Crippen LogP) is 4.57. The largest absolute Gasteiger partial charge is 0.347 e. The molecule has 0 saturated carbocycles. The van der Waals surface area contributed by atoms with Crippen molar-refractivity contribution in [1.29, 1.82) is 0 Å². The first-order valence-corrected chi connectivity index (χ1v) is 8.17. The molecule has 0 aliphatic heterocycles. The van der Waals surface area contributed by atoms with Crippen molar-refractivity contribution in [1.82, 2.24) is 5.32 Å². The molecule has 0 spiro atoms. The van der Waals surface area contributed by atoms with E-state index in [1.807, 2.05) is 6.07 Å². The Bertz CT molecular complexity index is 528. The van der Waals surface area contributed by atoms with Crippen molar-refractivity contribution in [3.63, 3.8) is 0 Å². The lowest BCUT2D eigenvalue weighted by atomic mass is 10.2. The highest BCUT2D eigenvalue weighted by atomic mass is 79.9. The summed E-state index contributed by atoms with van der Waals surface area (Å²) in [6.45, 7) is 2.64. The normalized spacial score (nSPS) is 10.5. The summed E-state index contributed by atoms with van der Waals surface area (Å²) in [7, 11) is 0. The Morgan fingerprint density at radius 3 is 2.71 bits per heavy atom. The van der Waals surface area contributed by atoms with Crippen LogP contribution in [0, 0.1) is 6.92 Å². The monoisotopic (exact) mass is 393 g/mol. The molecule has 2 nitrogen and oxygen atoms in total. The fourth-order valence-corrected chi connectivity index (χ4v) is 4.10. The molecule has 90 valence electrons. The SMILES string of the molecule is Cc1cscc1CNC(=O)c1cc(Br)c(Br)s1. The molecular weight excluding hydrogens is 386 g/mol. The Kier molecular flexibility index (Phi) is 4.41. The van der Waals surface area contributed by atoms with Gasteiger partial charge in [-0.25, -0.2) is 0 Å². The Morgan fingerprint density at radius 2 is 2.18 bits per heavy atom. The molecule has 0 aliphatic rings. The number of hydrogen-bond donors (Lipinski definition) is 1. The van der Waals surface area contributed by atoms with E-state index in [0.717, 1.165) is 8.26 Å². The van der Waals surface area contributed by atoms with Crippen LogP contribution in [0.3, 0.4) is 0 Å². The summed E-state index contributed by atoms with van der Waals surface area (Å²) in [5.41, 5.74) is 2.40. The molecule has 0 radical (unpaired) electrons. The lowest BCUT2D eigenvalue weighted by Gasteiger charge is -2.02. The predicted molar refractivity (Wildman–Crippen MR) is 79.9 cm³/mol. The molecule has 1 amide bonds. The second-order valence-corrected chi connectivity index (χ2v) is 7.46. The zero-order valence-electron chi connectivity index (χ0n) is 8.92. The Hall–Kier alpha value is -0.170. The zero-order chi connectivity index (χ0) is 12.4. The highest BCUT2D eigenvalue weighted by Gasteiger charge is 2.12. The number of halogens is 2. The second-order valence-electron chi connectivity index (χ2n) is 3.50. The number of amides is 1. The minimum Gasteiger partial charge on any atom is -0.347 e. The molecule has 1 N–H and O–H groups in total. The molecule has 2 rings (SSSR count). The summed E-state index contributed by atoms with van der Waals surface area (Å²) in [6.07, 6.45) is 0. The van der Waals surface area contributed by atoms with Crippen LogP contribution in [0.4, 0.5) is 0 Å². The first-order valence-electron chi connectivity index (χ1n) is 4.82. The minimum absolute atomic E-state index is 0.0352. The van der Waals surface area contributed by atoms with E-state index in [2.05, 4.69) is 54.9 Å². The van der Waals surface area contributed by atoms with Gasteiger partial charge in [0.05, 0.1) is 8.66 Å². The minimum atomic E-state index is -0.0352. The van der Waals surface area contributed by atoms with E-state index in [1.165, 1.54) is 22.5 Å². The molecular formula is C11H9Br2NOS2. The number of aryl methyl sites for hydroxylation is 1. The van der Waals surface area contributed by atoms with Crippen LogP contribution in [0.5, 0.6) is 0 Å². The Morgan fingerprint density at radius 1 is 1.41 bits per heavy atom. The van der Waals surface area contributed by atoms with Gasteiger partial charge in [0, 0.05) is 11.0 Å². The molecule has 0 fully saturated rings. The van der Waals surface area contributed by atoms with Crippen molar-refractivity contribution in [3.8, 4) is 0 Å². The van der Waals surface area contributed by atoms with E-state index >= 15 is 0 Å². The van der Waals surface area contributed by atoms with Crippen LogP contribution in [0.2, 0.25) is 0 Å². The van der Waals surface area contributed by atoms with Gasteiger partial charge in [-0.05, 0) is 66.7 Å². The molecule has 2 aromatic heterocycles. The van der Waals surface area contributed by atoms with Crippen LogP contribution < -0.4 is 5.32 Å². The fraction of sp³-hybridized carbons (Fsp3) is 0.182. The van der Waals surface area contributed by atoms with Crippen LogP contribution in [0.1, 0.15) is 20.8 Å². The van der Waals surface area contributed by atoms with Crippen LogP contribution >= 0.6 is 54.5 Å². The van der Waals surface area contributed by atoms with E-state index in [1.54, 1.807) is 11.3 Å². The maximum Gasteiger partial charge on any atom is 0.261 e. The highest BCUT2D eigenvalue weighted by Crippen LogP contribution is 2.32. The summed E-state index contributed by atoms with van der Waals surface area (Å²) in [5.74, 6) is -0.0352. The molecule has 0 aromatic carbocycles. The van der Waals surface area contributed by atoms with Crippen molar-refractivity contribution in [2.24, 2.45) is 0 Å². The van der Waals surface area contributed by atoms with Gasteiger partial charge in [0.15, 0.2) is 0 Å². The second kappa shape index (κ2) is 5.65. The van der Waals surface area contributed by atoms with Gasteiger partial charge in [-0.3, -0.25) is 4.79 Å². The zero-order valence-corrected chi connectivity index (χ0v) is 13.7. The quantitative estimate of drug-likeness (QED) is 0.811. The Labute approximate surface area is 124 Å². The average molecular weight is 395 g/mol. The summed E-state index contributed by atoms with van der Waals surface area (Å²) in [4.78, 5) is 12.6. The maximum atomic E-state index is 11.9. The number of thiophene rings is 2. The van der Waals surface area contributed by atoms with Crippen molar-refractivity contribution in [2.75, 3.05) is 0 Å². The average Bonchev–Trinajstić information content (AvgIpc) is 2.83. The molecule has 17 heavy (non-hydrogen) atoms. The molecule has 0 bridgehead atoms. The molecule has 0 unspecified atom stereocenters. The highest BCUT2D eigenvalue weighted by molar-refractivity contribution is 9.13. The Balaban J connectivity index is 2.00. The van der Waals surface area contributed by atoms with E-state index in [0.29, 0.717) is 11.4 Å². The number of rotatable bonds is 3. The van der Waals surface area contributed by atoms with Gasteiger partial charge in [0.25, 0.3) is 5.91 Å². The topological polar surface area (TPSA) is 29.1 Å². The van der Waals surface area contributed by atoms with Crippen LogP contribution in [-0.2, 0) is 6.54 Å². The number of carbonyl (C=O) groups is 1. The third-order valence-electron chi connectivity index (χ3n) is 2.27. The third kappa shape index (κ3) is 3.19. The van der Waals surface area contributed by atoms with Gasteiger partial charge in [-0.1, -0.05) is 0 Å². The summed E-state index contributed by atoms with van der Waals surface area (Å²) in [5, 5.41) is 7.07. The van der Waals surface area contributed by atoms with E-state index in [9.17, 15) is 4.79 Å². The molecule has 0 aliphatic carbocycles. The van der Waals surface area contributed by atoms with Gasteiger partial charge in [0.2, 0.25) is 0 Å². The van der Waals surface area contributed by atoms with Crippen LogP contribution in [-0.4, -0.2) is 5.91 Å². The van der Waals surface area contributed by atoms with Crippen LogP contribution in [0.25, 0.3) is 0 Å². The number of carbonyl (C=O) groups excluding carboxylic acids is 1. The molecule has 2 heterocycles. The first-order chi connectivity index (χ1) is 8.08. The third-order valence-corrected chi connectivity index (χ3v) is 6.44. The van der Waals surface area contributed by atoms with E-state index in [-0.39, 0.29) is 5.91 Å². The molecule has 2 aromatic rings.